The molecule has 0 amide bonds. The fourth-order valence-corrected chi connectivity index (χ4v) is 2.14. The van der Waals surface area contributed by atoms with Crippen molar-refractivity contribution >= 4 is 11.6 Å². The molecule has 0 aromatic heterocycles. The summed E-state index contributed by atoms with van der Waals surface area (Å²) in [5, 5.41) is 10.9. The van der Waals surface area contributed by atoms with Gasteiger partial charge in [0.05, 0.1) is 5.02 Å². The van der Waals surface area contributed by atoms with Crippen LogP contribution in [0.5, 0.6) is 5.75 Å². The van der Waals surface area contributed by atoms with Crippen molar-refractivity contribution < 1.29 is 9.84 Å². The van der Waals surface area contributed by atoms with Crippen molar-refractivity contribution in [2.24, 2.45) is 5.73 Å². The van der Waals surface area contributed by atoms with E-state index in [1.54, 1.807) is 19.1 Å². The second kappa shape index (κ2) is 6.27. The summed E-state index contributed by atoms with van der Waals surface area (Å²) >= 11 is 6.12. The Morgan fingerprint density at radius 1 is 1.20 bits per heavy atom. The summed E-state index contributed by atoms with van der Waals surface area (Å²) in [6.07, 6.45) is 0. The first-order valence-corrected chi connectivity index (χ1v) is 6.80. The first kappa shape index (κ1) is 14.9. The van der Waals surface area contributed by atoms with Gasteiger partial charge in [-0.2, -0.15) is 0 Å². The van der Waals surface area contributed by atoms with Crippen LogP contribution in [0.1, 0.15) is 18.1 Å². The molecule has 0 aliphatic heterocycles. The zero-order valence-corrected chi connectivity index (χ0v) is 12.1. The van der Waals surface area contributed by atoms with Gasteiger partial charge >= 0.3 is 0 Å². The number of aliphatic hydroxyl groups is 1. The Labute approximate surface area is 123 Å². The van der Waals surface area contributed by atoms with Gasteiger partial charge in [-0.1, -0.05) is 48.0 Å². The van der Waals surface area contributed by atoms with Gasteiger partial charge in [-0.05, 0) is 30.2 Å². The van der Waals surface area contributed by atoms with Crippen molar-refractivity contribution in [2.75, 3.05) is 6.61 Å². The summed E-state index contributed by atoms with van der Waals surface area (Å²) in [7, 11) is 0. The third kappa shape index (κ3) is 3.51. The van der Waals surface area contributed by atoms with Gasteiger partial charge in [-0.25, -0.2) is 0 Å². The topological polar surface area (TPSA) is 55.5 Å². The molecule has 0 bridgehead atoms. The fourth-order valence-electron chi connectivity index (χ4n) is 1.89. The number of benzene rings is 2. The molecule has 0 spiro atoms. The normalized spacial score (nSPS) is 13.8. The average Bonchev–Trinajstić information content (AvgIpc) is 2.47. The average molecular weight is 292 g/mol. The first-order valence-electron chi connectivity index (χ1n) is 6.42. The minimum absolute atomic E-state index is 0.124. The van der Waals surface area contributed by atoms with E-state index in [0.29, 0.717) is 17.3 Å². The smallest absolute Gasteiger partial charge is 0.138 e. The molecule has 0 fully saturated rings. The molecule has 2 rings (SSSR count). The Bertz CT molecular complexity index is 570. The van der Waals surface area contributed by atoms with Gasteiger partial charge in [0.25, 0.3) is 0 Å². The number of rotatable bonds is 5. The van der Waals surface area contributed by atoms with Crippen LogP contribution in [0.3, 0.4) is 0 Å². The van der Waals surface area contributed by atoms with Crippen molar-refractivity contribution in [3.8, 4) is 5.75 Å². The molecule has 0 saturated carbocycles. The van der Waals surface area contributed by atoms with Gasteiger partial charge in [0.1, 0.15) is 18.0 Å². The van der Waals surface area contributed by atoms with Gasteiger partial charge in [-0.15, -0.1) is 0 Å². The highest BCUT2D eigenvalue weighted by atomic mass is 35.5. The molecular formula is C16H18ClNO2. The molecule has 3 N–H and O–H groups in total. The van der Waals surface area contributed by atoms with Gasteiger partial charge in [-0.3, -0.25) is 0 Å². The predicted molar refractivity (Wildman–Crippen MR) is 80.9 cm³/mol. The largest absolute Gasteiger partial charge is 0.489 e. The first-order chi connectivity index (χ1) is 9.53. The van der Waals surface area contributed by atoms with Gasteiger partial charge < -0.3 is 15.6 Å². The molecule has 0 aliphatic rings. The maximum Gasteiger partial charge on any atom is 0.138 e. The molecule has 0 heterocycles. The number of ether oxygens (including phenoxy) is 1. The molecule has 106 valence electrons. The van der Waals surface area contributed by atoms with Crippen LogP contribution >= 0.6 is 11.6 Å². The Morgan fingerprint density at radius 3 is 2.50 bits per heavy atom. The van der Waals surface area contributed by atoms with E-state index < -0.39 is 5.60 Å². The molecule has 3 nitrogen and oxygen atoms in total. The summed E-state index contributed by atoms with van der Waals surface area (Å²) in [6, 6.07) is 14.8. The monoisotopic (exact) mass is 291 g/mol. The molecule has 20 heavy (non-hydrogen) atoms. The molecular weight excluding hydrogens is 274 g/mol. The molecule has 2 aromatic rings. The molecule has 2 aromatic carbocycles. The van der Waals surface area contributed by atoms with E-state index in [1.165, 1.54) is 0 Å². The van der Waals surface area contributed by atoms with Crippen LogP contribution in [0.15, 0.2) is 48.5 Å². The highest BCUT2D eigenvalue weighted by Gasteiger charge is 2.24. The second-order valence-corrected chi connectivity index (χ2v) is 5.30. The lowest BCUT2D eigenvalue weighted by atomic mass is 9.97. The summed E-state index contributed by atoms with van der Waals surface area (Å²) in [4.78, 5) is 0. The summed E-state index contributed by atoms with van der Waals surface area (Å²) < 4.78 is 5.63. The van der Waals surface area contributed by atoms with Crippen LogP contribution in [0, 0.1) is 0 Å². The maximum absolute atomic E-state index is 10.5. The third-order valence-electron chi connectivity index (χ3n) is 3.14. The van der Waals surface area contributed by atoms with Crippen LogP contribution in [-0.4, -0.2) is 11.7 Å². The lowest BCUT2D eigenvalue weighted by Gasteiger charge is -2.24. The highest BCUT2D eigenvalue weighted by Crippen LogP contribution is 2.28. The van der Waals surface area contributed by atoms with Crippen LogP contribution in [0.4, 0.5) is 0 Å². The Morgan fingerprint density at radius 2 is 1.90 bits per heavy atom. The van der Waals surface area contributed by atoms with E-state index in [4.69, 9.17) is 22.1 Å². The molecule has 0 radical (unpaired) electrons. The molecule has 0 aliphatic carbocycles. The van der Waals surface area contributed by atoms with Crippen molar-refractivity contribution in [1.82, 2.24) is 0 Å². The predicted octanol–water partition coefficient (Wildman–Crippen LogP) is 3.09. The van der Waals surface area contributed by atoms with Crippen molar-refractivity contribution in [1.29, 1.82) is 0 Å². The van der Waals surface area contributed by atoms with Gasteiger partial charge in [0.2, 0.25) is 0 Å². The zero-order valence-electron chi connectivity index (χ0n) is 11.3. The lowest BCUT2D eigenvalue weighted by molar-refractivity contribution is 0.00763. The highest BCUT2D eigenvalue weighted by molar-refractivity contribution is 6.32. The summed E-state index contributed by atoms with van der Waals surface area (Å²) in [5.74, 6) is 0.542. The SMILES string of the molecule is CC(O)(COc1ccc(CN)cc1Cl)c1ccccc1. The summed E-state index contributed by atoms with van der Waals surface area (Å²) in [5.41, 5.74) is 6.22. The Hall–Kier alpha value is -1.55. The third-order valence-corrected chi connectivity index (χ3v) is 3.43. The van der Waals surface area contributed by atoms with Crippen LogP contribution < -0.4 is 10.5 Å². The minimum Gasteiger partial charge on any atom is -0.489 e. The molecule has 4 heteroatoms. The molecule has 1 unspecified atom stereocenters. The lowest BCUT2D eigenvalue weighted by Crippen LogP contribution is -2.29. The van der Waals surface area contributed by atoms with Crippen LogP contribution in [0.25, 0.3) is 0 Å². The zero-order chi connectivity index (χ0) is 14.6. The van der Waals surface area contributed by atoms with E-state index in [0.717, 1.165) is 11.1 Å². The van der Waals surface area contributed by atoms with E-state index in [-0.39, 0.29) is 6.61 Å². The fraction of sp³-hybridized carbons (Fsp3) is 0.250. The van der Waals surface area contributed by atoms with Crippen molar-refractivity contribution in [3.63, 3.8) is 0 Å². The second-order valence-electron chi connectivity index (χ2n) is 4.90. The minimum atomic E-state index is -1.07. The number of hydrogen-bond acceptors (Lipinski definition) is 3. The quantitative estimate of drug-likeness (QED) is 0.890. The van der Waals surface area contributed by atoms with E-state index in [2.05, 4.69) is 0 Å². The van der Waals surface area contributed by atoms with Crippen molar-refractivity contribution in [2.45, 2.75) is 19.1 Å². The van der Waals surface area contributed by atoms with Crippen molar-refractivity contribution in [3.05, 3.63) is 64.7 Å². The van der Waals surface area contributed by atoms with Crippen LogP contribution in [0.2, 0.25) is 5.02 Å². The maximum atomic E-state index is 10.5. The number of halogens is 1. The number of hydrogen-bond donors (Lipinski definition) is 2. The van der Waals surface area contributed by atoms with E-state index in [9.17, 15) is 5.11 Å². The number of nitrogens with two attached hydrogens (primary N) is 1. The molecule has 1 atom stereocenters. The summed E-state index contributed by atoms with van der Waals surface area (Å²) in [6.45, 7) is 2.27. The van der Waals surface area contributed by atoms with Gasteiger partial charge in [0.15, 0.2) is 0 Å². The Balaban J connectivity index is 2.08. The molecule has 0 saturated heterocycles. The van der Waals surface area contributed by atoms with Gasteiger partial charge in [0, 0.05) is 6.54 Å². The van der Waals surface area contributed by atoms with Crippen LogP contribution in [-0.2, 0) is 12.1 Å². The van der Waals surface area contributed by atoms with E-state index >= 15 is 0 Å². The Kier molecular flexibility index (Phi) is 4.65. The standard InChI is InChI=1S/C16H18ClNO2/c1-16(19,13-5-3-2-4-6-13)11-20-15-8-7-12(10-18)9-14(15)17/h2-9,19H,10-11,18H2,1H3. The van der Waals surface area contributed by atoms with E-state index in [1.807, 2.05) is 36.4 Å².